The normalized spacial score (nSPS) is 25.9. The SMILES string of the molecule is CC1=CC(N)C(=O)C(C)=C1. The zero-order chi connectivity index (χ0) is 7.72. The van der Waals surface area contributed by atoms with Crippen molar-refractivity contribution < 1.29 is 4.79 Å². The maximum atomic E-state index is 11.0. The van der Waals surface area contributed by atoms with Gasteiger partial charge < -0.3 is 5.73 Å². The van der Waals surface area contributed by atoms with Crippen molar-refractivity contribution in [2.45, 2.75) is 19.9 Å². The van der Waals surface area contributed by atoms with Gasteiger partial charge in [0.1, 0.15) is 0 Å². The number of rotatable bonds is 0. The molecule has 0 radical (unpaired) electrons. The van der Waals surface area contributed by atoms with E-state index >= 15 is 0 Å². The number of hydrogen-bond acceptors (Lipinski definition) is 2. The third-order valence-electron chi connectivity index (χ3n) is 1.58. The number of allylic oxidation sites excluding steroid dienone is 2. The van der Waals surface area contributed by atoms with Crippen LogP contribution in [0.1, 0.15) is 13.8 Å². The molecule has 1 aliphatic carbocycles. The summed E-state index contributed by atoms with van der Waals surface area (Å²) in [6, 6.07) is -0.412. The van der Waals surface area contributed by atoms with Crippen molar-refractivity contribution in [2.75, 3.05) is 0 Å². The van der Waals surface area contributed by atoms with E-state index in [1.165, 1.54) is 0 Å². The maximum absolute atomic E-state index is 11.0. The predicted octanol–water partition coefficient (Wildman–Crippen LogP) is 0.789. The zero-order valence-electron chi connectivity index (χ0n) is 6.22. The summed E-state index contributed by atoms with van der Waals surface area (Å²) in [5, 5.41) is 0. The Bertz CT molecular complexity index is 225. The average Bonchev–Trinajstić information content (AvgIpc) is 1.82. The molecule has 0 aromatic heterocycles. The molecular weight excluding hydrogens is 126 g/mol. The van der Waals surface area contributed by atoms with Gasteiger partial charge >= 0.3 is 0 Å². The molecule has 0 heterocycles. The quantitative estimate of drug-likeness (QED) is 0.536. The summed E-state index contributed by atoms with van der Waals surface area (Å²) in [6.07, 6.45) is 3.63. The molecule has 1 unspecified atom stereocenters. The number of carbonyl (C=O) groups is 1. The minimum Gasteiger partial charge on any atom is -0.318 e. The van der Waals surface area contributed by atoms with Gasteiger partial charge in [-0.1, -0.05) is 17.7 Å². The van der Waals surface area contributed by atoms with Crippen molar-refractivity contribution in [1.29, 1.82) is 0 Å². The first-order valence-electron chi connectivity index (χ1n) is 3.28. The fourth-order valence-corrected chi connectivity index (χ4v) is 1.08. The van der Waals surface area contributed by atoms with Crippen molar-refractivity contribution in [3.63, 3.8) is 0 Å². The van der Waals surface area contributed by atoms with Gasteiger partial charge in [0.25, 0.3) is 0 Å². The highest BCUT2D eigenvalue weighted by Gasteiger charge is 2.16. The fraction of sp³-hybridized carbons (Fsp3) is 0.375. The minimum absolute atomic E-state index is 0.0330. The van der Waals surface area contributed by atoms with Crippen molar-refractivity contribution >= 4 is 5.78 Å². The number of ketones is 1. The predicted molar refractivity (Wildman–Crippen MR) is 40.5 cm³/mol. The molecule has 0 saturated carbocycles. The molecule has 10 heavy (non-hydrogen) atoms. The third-order valence-corrected chi connectivity index (χ3v) is 1.58. The highest BCUT2D eigenvalue weighted by Crippen LogP contribution is 2.11. The fourth-order valence-electron chi connectivity index (χ4n) is 1.08. The molecule has 1 aliphatic rings. The Kier molecular flexibility index (Phi) is 1.72. The van der Waals surface area contributed by atoms with Crippen molar-refractivity contribution in [2.24, 2.45) is 5.73 Å². The van der Waals surface area contributed by atoms with Crippen molar-refractivity contribution in [3.05, 3.63) is 23.3 Å². The third kappa shape index (κ3) is 1.16. The van der Waals surface area contributed by atoms with Crippen molar-refractivity contribution in [3.8, 4) is 0 Å². The highest BCUT2D eigenvalue weighted by molar-refractivity contribution is 6.01. The minimum atomic E-state index is -0.412. The second-order valence-corrected chi connectivity index (χ2v) is 2.63. The van der Waals surface area contributed by atoms with Crippen LogP contribution in [0, 0.1) is 0 Å². The van der Waals surface area contributed by atoms with Gasteiger partial charge in [0.15, 0.2) is 5.78 Å². The summed E-state index contributed by atoms with van der Waals surface area (Å²) in [5.41, 5.74) is 7.32. The van der Waals surface area contributed by atoms with Crippen LogP contribution in [0.15, 0.2) is 23.3 Å². The molecule has 2 N–H and O–H groups in total. The van der Waals surface area contributed by atoms with Gasteiger partial charge in [-0.15, -0.1) is 0 Å². The summed E-state index contributed by atoms with van der Waals surface area (Å²) < 4.78 is 0. The van der Waals surface area contributed by atoms with E-state index in [0.29, 0.717) is 0 Å². The lowest BCUT2D eigenvalue weighted by atomic mass is 9.97. The van der Waals surface area contributed by atoms with E-state index in [0.717, 1.165) is 11.1 Å². The Labute approximate surface area is 60.4 Å². The van der Waals surface area contributed by atoms with Gasteiger partial charge in [-0.25, -0.2) is 0 Å². The van der Waals surface area contributed by atoms with E-state index in [2.05, 4.69) is 0 Å². The summed E-state index contributed by atoms with van der Waals surface area (Å²) in [5.74, 6) is 0.0330. The van der Waals surface area contributed by atoms with E-state index in [1.54, 1.807) is 13.0 Å². The number of carbonyl (C=O) groups excluding carboxylic acids is 1. The Hall–Kier alpha value is -0.890. The monoisotopic (exact) mass is 137 g/mol. The Morgan fingerprint density at radius 3 is 2.60 bits per heavy atom. The molecule has 1 rings (SSSR count). The second-order valence-electron chi connectivity index (χ2n) is 2.63. The molecule has 0 fully saturated rings. The van der Waals surface area contributed by atoms with E-state index in [-0.39, 0.29) is 5.78 Å². The first-order chi connectivity index (χ1) is 4.61. The topological polar surface area (TPSA) is 43.1 Å². The molecule has 2 nitrogen and oxygen atoms in total. The molecule has 0 aromatic carbocycles. The largest absolute Gasteiger partial charge is 0.318 e. The van der Waals surface area contributed by atoms with Crippen LogP contribution < -0.4 is 5.73 Å². The Balaban J connectivity index is 2.95. The molecule has 1 atom stereocenters. The smallest absolute Gasteiger partial charge is 0.179 e. The molecule has 0 aromatic rings. The molecule has 0 bridgehead atoms. The van der Waals surface area contributed by atoms with E-state index in [9.17, 15) is 4.79 Å². The van der Waals surface area contributed by atoms with Gasteiger partial charge in [0.2, 0.25) is 0 Å². The van der Waals surface area contributed by atoms with Crippen LogP contribution in [0.2, 0.25) is 0 Å². The molecular formula is C8H11NO. The van der Waals surface area contributed by atoms with Gasteiger partial charge in [-0.2, -0.15) is 0 Å². The van der Waals surface area contributed by atoms with Crippen molar-refractivity contribution in [1.82, 2.24) is 0 Å². The molecule has 2 heteroatoms. The Morgan fingerprint density at radius 1 is 1.50 bits per heavy atom. The summed E-state index contributed by atoms with van der Waals surface area (Å²) in [7, 11) is 0. The standard InChI is InChI=1S/C8H11NO/c1-5-3-6(2)8(10)7(9)4-5/h3-4,7H,9H2,1-2H3. The molecule has 0 amide bonds. The molecule has 0 aliphatic heterocycles. The van der Waals surface area contributed by atoms with E-state index in [1.807, 2.05) is 13.0 Å². The van der Waals surface area contributed by atoms with Crippen LogP contribution in [0.5, 0.6) is 0 Å². The van der Waals surface area contributed by atoms with Gasteiger partial charge in [0, 0.05) is 0 Å². The number of nitrogens with two attached hydrogens (primary N) is 1. The lowest BCUT2D eigenvalue weighted by Crippen LogP contribution is -2.31. The van der Waals surface area contributed by atoms with Crippen LogP contribution in [-0.4, -0.2) is 11.8 Å². The van der Waals surface area contributed by atoms with E-state index < -0.39 is 6.04 Å². The van der Waals surface area contributed by atoms with Crippen LogP contribution in [0.25, 0.3) is 0 Å². The van der Waals surface area contributed by atoms with Crippen LogP contribution in [-0.2, 0) is 4.79 Å². The number of hydrogen-bond donors (Lipinski definition) is 1. The highest BCUT2D eigenvalue weighted by atomic mass is 16.1. The molecule has 0 saturated heterocycles. The summed E-state index contributed by atoms with van der Waals surface area (Å²) in [6.45, 7) is 3.73. The molecule has 54 valence electrons. The summed E-state index contributed by atoms with van der Waals surface area (Å²) >= 11 is 0. The average molecular weight is 137 g/mol. The van der Waals surface area contributed by atoms with E-state index in [4.69, 9.17) is 5.73 Å². The first kappa shape index (κ1) is 7.22. The number of Topliss-reactive ketones (excluding diaryl/α,β-unsaturated/α-hetero) is 1. The lowest BCUT2D eigenvalue weighted by Gasteiger charge is -2.12. The maximum Gasteiger partial charge on any atom is 0.179 e. The summed E-state index contributed by atoms with van der Waals surface area (Å²) in [4.78, 5) is 11.0. The van der Waals surface area contributed by atoms with Crippen LogP contribution in [0.4, 0.5) is 0 Å². The van der Waals surface area contributed by atoms with Crippen LogP contribution in [0.3, 0.4) is 0 Å². The van der Waals surface area contributed by atoms with Crippen LogP contribution >= 0.6 is 0 Å². The van der Waals surface area contributed by atoms with Gasteiger partial charge in [-0.05, 0) is 19.4 Å². The zero-order valence-corrected chi connectivity index (χ0v) is 6.22. The second kappa shape index (κ2) is 2.39. The molecule has 0 spiro atoms. The lowest BCUT2D eigenvalue weighted by molar-refractivity contribution is -0.115. The first-order valence-corrected chi connectivity index (χ1v) is 3.28. The van der Waals surface area contributed by atoms with Gasteiger partial charge in [-0.3, -0.25) is 4.79 Å². The van der Waals surface area contributed by atoms with Gasteiger partial charge in [0.05, 0.1) is 6.04 Å². The Morgan fingerprint density at radius 2 is 2.10 bits per heavy atom.